The zero-order chi connectivity index (χ0) is 33.7. The molecule has 13 heteroatoms. The molecule has 0 radical (unpaired) electrons. The first-order valence-corrected chi connectivity index (χ1v) is 22.8. The molecule has 2 heterocycles. The van der Waals surface area contributed by atoms with Gasteiger partial charge in [-0.05, 0) is 65.0 Å². The molecule has 5 fully saturated rings. The van der Waals surface area contributed by atoms with E-state index in [0.717, 1.165) is 5.57 Å². The van der Waals surface area contributed by atoms with Crippen molar-refractivity contribution in [2.75, 3.05) is 13.7 Å². The summed E-state index contributed by atoms with van der Waals surface area (Å²) in [5.74, 6) is -4.82. The summed E-state index contributed by atoms with van der Waals surface area (Å²) in [6.45, 7) is 19.5. The van der Waals surface area contributed by atoms with Gasteiger partial charge < -0.3 is 32.9 Å². The van der Waals surface area contributed by atoms with Crippen LogP contribution < -0.4 is 0 Å². The van der Waals surface area contributed by atoms with E-state index in [1.54, 1.807) is 20.8 Å². The predicted molar refractivity (Wildman–Crippen MR) is 167 cm³/mol. The summed E-state index contributed by atoms with van der Waals surface area (Å²) in [5, 5.41) is 11.3. The smallest absolute Gasteiger partial charge is 0.341 e. The first kappa shape index (κ1) is 34.4. The largest absolute Gasteiger partial charge is 0.467 e. The fraction of sp³-hybridized carbons (Fsp3) is 0.812. The number of ether oxygens (including phenoxy) is 4. The molecular formula is C32H50O11Si2. The molecule has 3 saturated carbocycles. The molecule has 11 nitrogen and oxygen atoms in total. The molecule has 3 aliphatic carbocycles. The molecule has 2 aliphatic heterocycles. The van der Waals surface area contributed by atoms with Crippen LogP contribution in [0.2, 0.25) is 39.3 Å². The zero-order valence-corrected chi connectivity index (χ0v) is 30.4. The van der Waals surface area contributed by atoms with Gasteiger partial charge in [0.05, 0.1) is 26.2 Å². The minimum Gasteiger partial charge on any atom is -0.467 e. The lowest BCUT2D eigenvalue weighted by molar-refractivity contribution is -0.304. The third-order valence-electron chi connectivity index (χ3n) is 10.7. The van der Waals surface area contributed by atoms with Crippen LogP contribution in [0.3, 0.4) is 0 Å². The molecule has 2 saturated heterocycles. The van der Waals surface area contributed by atoms with Gasteiger partial charge in [-0.15, -0.1) is 0 Å². The highest BCUT2D eigenvalue weighted by Crippen LogP contribution is 2.74. The topological polar surface area (TPSA) is 144 Å². The first-order valence-electron chi connectivity index (χ1n) is 16.0. The van der Waals surface area contributed by atoms with E-state index in [4.69, 9.17) is 27.8 Å². The maximum absolute atomic E-state index is 14.1. The third kappa shape index (κ3) is 5.20. The van der Waals surface area contributed by atoms with Gasteiger partial charge in [-0.3, -0.25) is 9.59 Å². The van der Waals surface area contributed by atoms with Gasteiger partial charge in [0.15, 0.2) is 28.0 Å². The minimum atomic E-state index is -2.43. The Labute approximate surface area is 267 Å². The van der Waals surface area contributed by atoms with Crippen molar-refractivity contribution in [3.8, 4) is 0 Å². The number of fused-ring (bicyclic) bond motifs is 2. The molecule has 5 rings (SSSR count). The van der Waals surface area contributed by atoms with Crippen molar-refractivity contribution in [3.63, 3.8) is 0 Å². The number of methoxy groups -OCH3 is 1. The summed E-state index contributed by atoms with van der Waals surface area (Å²) >= 11 is 0. The number of aliphatic hydroxyl groups excluding tert-OH is 1. The molecule has 12 atom stereocenters. The van der Waals surface area contributed by atoms with E-state index in [0.29, 0.717) is 0 Å². The van der Waals surface area contributed by atoms with Crippen molar-refractivity contribution in [1.29, 1.82) is 0 Å². The molecule has 252 valence electrons. The highest BCUT2D eigenvalue weighted by Gasteiger charge is 2.85. The van der Waals surface area contributed by atoms with Crippen LogP contribution >= 0.6 is 0 Å². The summed E-state index contributed by atoms with van der Waals surface area (Å²) in [6, 6.07) is 0. The monoisotopic (exact) mass is 666 g/mol. The number of hydrogen-bond donors (Lipinski definition) is 1. The van der Waals surface area contributed by atoms with E-state index in [-0.39, 0.29) is 25.2 Å². The normalized spacial score (nSPS) is 43.9. The molecule has 0 unspecified atom stereocenters. The van der Waals surface area contributed by atoms with Gasteiger partial charge in [0.1, 0.15) is 24.4 Å². The van der Waals surface area contributed by atoms with Crippen molar-refractivity contribution in [2.45, 2.75) is 116 Å². The molecule has 1 spiro atoms. The van der Waals surface area contributed by atoms with Crippen LogP contribution in [-0.4, -0.2) is 95.3 Å². The Balaban J connectivity index is 1.85. The van der Waals surface area contributed by atoms with Crippen LogP contribution in [0.1, 0.15) is 40.5 Å². The number of rotatable bonds is 7. The van der Waals surface area contributed by atoms with E-state index in [1.807, 2.05) is 26.6 Å². The van der Waals surface area contributed by atoms with E-state index >= 15 is 0 Å². The van der Waals surface area contributed by atoms with E-state index < -0.39 is 105 Å². The molecule has 0 aromatic rings. The van der Waals surface area contributed by atoms with E-state index in [9.17, 15) is 24.3 Å². The number of carbonyl (C=O) groups excluding carboxylic acids is 4. The number of carbonyl (C=O) groups is 4. The number of hydrogen-bond acceptors (Lipinski definition) is 11. The Kier molecular flexibility index (Phi) is 8.48. The summed E-state index contributed by atoms with van der Waals surface area (Å²) in [6.07, 6.45) is -3.72. The quantitative estimate of drug-likeness (QED) is 0.185. The highest BCUT2D eigenvalue weighted by molar-refractivity contribution is 6.70. The molecule has 2 bridgehead atoms. The second-order valence-corrected chi connectivity index (χ2v) is 25.2. The fourth-order valence-electron chi connectivity index (χ4n) is 9.76. The summed E-state index contributed by atoms with van der Waals surface area (Å²) in [5.41, 5.74) is -2.94. The predicted octanol–water partition coefficient (Wildman–Crippen LogP) is 3.40. The average Bonchev–Trinajstić information content (AvgIpc) is 3.16. The van der Waals surface area contributed by atoms with Crippen molar-refractivity contribution < 1.29 is 52.1 Å². The Hall–Kier alpha value is -1.91. The Morgan fingerprint density at radius 1 is 1.02 bits per heavy atom. The third-order valence-corrected chi connectivity index (χ3v) is 12.7. The fourth-order valence-corrected chi connectivity index (χ4v) is 11.9. The second kappa shape index (κ2) is 11.1. The molecule has 0 aromatic heterocycles. The van der Waals surface area contributed by atoms with Crippen molar-refractivity contribution >= 4 is 40.3 Å². The second-order valence-electron chi connectivity index (χ2n) is 16.2. The Morgan fingerprint density at radius 2 is 1.64 bits per heavy atom. The van der Waals surface area contributed by atoms with E-state index in [1.165, 1.54) is 13.2 Å². The van der Waals surface area contributed by atoms with Crippen molar-refractivity contribution in [3.05, 3.63) is 11.6 Å². The van der Waals surface area contributed by atoms with Gasteiger partial charge in [-0.2, -0.15) is 0 Å². The van der Waals surface area contributed by atoms with Crippen molar-refractivity contribution in [1.82, 2.24) is 0 Å². The Bertz CT molecular complexity index is 1300. The lowest BCUT2D eigenvalue weighted by Gasteiger charge is -2.70. The minimum absolute atomic E-state index is 0.01000. The summed E-state index contributed by atoms with van der Waals surface area (Å²) in [7, 11) is -3.54. The van der Waals surface area contributed by atoms with Crippen LogP contribution in [0.5, 0.6) is 0 Å². The van der Waals surface area contributed by atoms with Gasteiger partial charge in [-0.25, -0.2) is 9.59 Å². The maximum atomic E-state index is 14.1. The van der Waals surface area contributed by atoms with Gasteiger partial charge in [0.2, 0.25) is 0 Å². The lowest BCUT2D eigenvalue weighted by atomic mass is 9.37. The van der Waals surface area contributed by atoms with Crippen LogP contribution in [0.15, 0.2) is 11.6 Å². The number of ketones is 1. The number of Topliss-reactive ketones (excluding diaryl/α,β-unsaturated/α-hetero) is 1. The SMILES string of the molecule is COC(=O)[C@]12OC[C@]34[C@H](OC(=O)C[C@@H]13)[C@H](OC(=O)C=C(C)C)[C@H]1[C@H](C)C(=O)[C@H](O)C[C@]1(C)[C@H]4[C@@H](O[Si](C)(C)C)[C@@H]2O[Si](C)(C)C. The first-order chi connectivity index (χ1) is 20.6. The molecule has 0 aromatic carbocycles. The van der Waals surface area contributed by atoms with Gasteiger partial charge in [0.25, 0.3) is 0 Å². The standard InChI is InChI=1S/C32H50O11Si2/c1-16(2)12-20(34)40-24-22-17(3)23(36)18(33)14-30(22,4)26-25(42-44(6,7)8)28(43-45(9,10)11)32(29(37)38-5)19-13-21(35)41-27(24)31(19,26)15-39-32/h12,17-19,22,24-28,33H,13-15H2,1-11H3/t17-,18+,19+,22+,24+,25+,26+,27+,28-,30-,31-,32-/m0/s1. The number of aliphatic hydroxyl groups is 1. The summed E-state index contributed by atoms with van der Waals surface area (Å²) < 4.78 is 38.6. The Morgan fingerprint density at radius 3 is 2.20 bits per heavy atom. The molecule has 5 aliphatic rings. The van der Waals surface area contributed by atoms with Crippen molar-refractivity contribution in [2.24, 2.45) is 34.5 Å². The summed E-state index contributed by atoms with van der Waals surface area (Å²) in [4.78, 5) is 54.5. The van der Waals surface area contributed by atoms with Gasteiger partial charge in [-0.1, -0.05) is 19.4 Å². The lowest BCUT2D eigenvalue weighted by Crippen LogP contribution is -2.81. The molecular weight excluding hydrogens is 617 g/mol. The van der Waals surface area contributed by atoms with Crippen LogP contribution in [0.25, 0.3) is 0 Å². The molecule has 0 amide bonds. The molecule has 45 heavy (non-hydrogen) atoms. The van der Waals surface area contributed by atoms with Crippen LogP contribution in [0.4, 0.5) is 0 Å². The number of allylic oxidation sites excluding steroid dienone is 1. The van der Waals surface area contributed by atoms with Gasteiger partial charge >= 0.3 is 17.9 Å². The maximum Gasteiger partial charge on any atom is 0.341 e. The van der Waals surface area contributed by atoms with Crippen LogP contribution in [-0.2, 0) is 47.0 Å². The van der Waals surface area contributed by atoms with E-state index in [2.05, 4.69) is 19.6 Å². The average molecular weight is 667 g/mol. The zero-order valence-electron chi connectivity index (χ0n) is 28.4. The number of esters is 3. The van der Waals surface area contributed by atoms with Crippen LogP contribution in [0, 0.1) is 34.5 Å². The van der Waals surface area contributed by atoms with Gasteiger partial charge in [0, 0.05) is 35.2 Å². The molecule has 1 N–H and O–H groups in total. The highest BCUT2D eigenvalue weighted by atomic mass is 28.4.